The van der Waals surface area contributed by atoms with E-state index in [4.69, 9.17) is 0 Å². The summed E-state index contributed by atoms with van der Waals surface area (Å²) in [5.74, 6) is 1.31. The highest BCUT2D eigenvalue weighted by Crippen LogP contribution is 2.18. The van der Waals surface area contributed by atoms with E-state index in [1.165, 1.54) is 6.33 Å². The topological polar surface area (TPSA) is 80.0 Å². The van der Waals surface area contributed by atoms with Gasteiger partial charge in [0, 0.05) is 44.0 Å². The van der Waals surface area contributed by atoms with Crippen LogP contribution in [0.3, 0.4) is 0 Å². The second kappa shape index (κ2) is 7.58. The second-order valence-corrected chi connectivity index (χ2v) is 6.67. The van der Waals surface area contributed by atoms with Gasteiger partial charge in [-0.2, -0.15) is 5.10 Å². The van der Waals surface area contributed by atoms with Crippen molar-refractivity contribution in [2.45, 2.75) is 39.7 Å². The summed E-state index contributed by atoms with van der Waals surface area (Å²) in [7, 11) is 0. The Bertz CT molecular complexity index is 706. The molecule has 3 rings (SSSR count). The van der Waals surface area contributed by atoms with Crippen molar-refractivity contribution >= 4 is 11.9 Å². The maximum absolute atomic E-state index is 12.3. The first kappa shape index (κ1) is 17.3. The van der Waals surface area contributed by atoms with Gasteiger partial charge < -0.3 is 9.80 Å². The van der Waals surface area contributed by atoms with Crippen LogP contribution in [0, 0.1) is 6.92 Å². The SMILES string of the molecule is Cc1cc(C(C)C)nc(N2CCN(C(=O)CCn3cncn3)CC2)n1. The van der Waals surface area contributed by atoms with Crippen LogP contribution in [0.1, 0.15) is 37.6 Å². The minimum absolute atomic E-state index is 0.156. The molecule has 0 N–H and O–H groups in total. The van der Waals surface area contributed by atoms with Gasteiger partial charge in [0.25, 0.3) is 0 Å². The molecule has 0 saturated carbocycles. The summed E-state index contributed by atoms with van der Waals surface area (Å²) in [5.41, 5.74) is 2.05. The molecule has 1 aliphatic rings. The number of amides is 1. The number of aromatic nitrogens is 5. The summed E-state index contributed by atoms with van der Waals surface area (Å²) in [6.45, 7) is 9.76. The molecule has 1 saturated heterocycles. The summed E-state index contributed by atoms with van der Waals surface area (Å²) in [5, 5.41) is 4.03. The molecule has 0 radical (unpaired) electrons. The van der Waals surface area contributed by atoms with Crippen molar-refractivity contribution in [2.24, 2.45) is 0 Å². The molecule has 0 unspecified atom stereocenters. The van der Waals surface area contributed by atoms with E-state index >= 15 is 0 Å². The summed E-state index contributed by atoms with van der Waals surface area (Å²) in [4.78, 5) is 29.6. The molecule has 1 fully saturated rings. The Morgan fingerprint density at radius 2 is 1.96 bits per heavy atom. The number of hydrogen-bond donors (Lipinski definition) is 0. The van der Waals surface area contributed by atoms with Crippen LogP contribution in [-0.4, -0.2) is 61.7 Å². The molecular weight excluding hydrogens is 318 g/mol. The third-order valence-electron chi connectivity index (χ3n) is 4.39. The van der Waals surface area contributed by atoms with Crippen molar-refractivity contribution in [1.29, 1.82) is 0 Å². The van der Waals surface area contributed by atoms with E-state index in [1.807, 2.05) is 17.9 Å². The number of piperazine rings is 1. The predicted octanol–water partition coefficient (Wildman–Crippen LogP) is 1.24. The third kappa shape index (κ3) is 4.32. The first-order valence-corrected chi connectivity index (χ1v) is 8.73. The molecule has 8 nitrogen and oxygen atoms in total. The fourth-order valence-electron chi connectivity index (χ4n) is 2.89. The van der Waals surface area contributed by atoms with Crippen molar-refractivity contribution in [2.75, 3.05) is 31.1 Å². The molecule has 134 valence electrons. The van der Waals surface area contributed by atoms with Crippen LogP contribution >= 0.6 is 0 Å². The van der Waals surface area contributed by atoms with Crippen LogP contribution in [-0.2, 0) is 11.3 Å². The second-order valence-electron chi connectivity index (χ2n) is 6.67. The van der Waals surface area contributed by atoms with Crippen molar-refractivity contribution < 1.29 is 4.79 Å². The van der Waals surface area contributed by atoms with E-state index in [1.54, 1.807) is 11.0 Å². The zero-order chi connectivity index (χ0) is 17.8. The fraction of sp³-hybridized carbons (Fsp3) is 0.588. The number of carbonyl (C=O) groups is 1. The molecule has 3 heterocycles. The van der Waals surface area contributed by atoms with E-state index < -0.39 is 0 Å². The summed E-state index contributed by atoms with van der Waals surface area (Å²) in [6.07, 6.45) is 3.56. The van der Waals surface area contributed by atoms with Gasteiger partial charge >= 0.3 is 0 Å². The van der Waals surface area contributed by atoms with E-state index in [0.29, 0.717) is 32.0 Å². The Hall–Kier alpha value is -2.51. The van der Waals surface area contributed by atoms with Crippen molar-refractivity contribution in [1.82, 2.24) is 29.6 Å². The van der Waals surface area contributed by atoms with Gasteiger partial charge in [-0.3, -0.25) is 9.48 Å². The van der Waals surface area contributed by atoms with Crippen molar-refractivity contribution in [3.05, 3.63) is 30.1 Å². The molecule has 1 amide bonds. The fourth-order valence-corrected chi connectivity index (χ4v) is 2.89. The minimum atomic E-state index is 0.156. The predicted molar refractivity (Wildman–Crippen MR) is 94.3 cm³/mol. The maximum Gasteiger partial charge on any atom is 0.225 e. The van der Waals surface area contributed by atoms with E-state index in [2.05, 4.69) is 38.8 Å². The standard InChI is InChI=1S/C17H25N7O/c1-13(2)15-10-14(3)20-17(21-15)23-8-6-22(7-9-23)16(25)4-5-24-12-18-11-19-24/h10-13H,4-9H2,1-3H3. The van der Waals surface area contributed by atoms with Crippen LogP contribution in [0.25, 0.3) is 0 Å². The molecule has 8 heteroatoms. The Morgan fingerprint density at radius 1 is 1.20 bits per heavy atom. The summed E-state index contributed by atoms with van der Waals surface area (Å²) in [6, 6.07) is 2.04. The van der Waals surface area contributed by atoms with Gasteiger partial charge in [0.15, 0.2) is 0 Å². The van der Waals surface area contributed by atoms with E-state index in [9.17, 15) is 4.79 Å². The van der Waals surface area contributed by atoms with Crippen LogP contribution < -0.4 is 4.90 Å². The van der Waals surface area contributed by atoms with Crippen LogP contribution in [0.5, 0.6) is 0 Å². The monoisotopic (exact) mass is 343 g/mol. The molecule has 0 aromatic carbocycles. The van der Waals surface area contributed by atoms with Gasteiger partial charge in [-0.15, -0.1) is 0 Å². The Labute approximate surface area is 147 Å². The molecule has 0 bridgehead atoms. The molecule has 25 heavy (non-hydrogen) atoms. The lowest BCUT2D eigenvalue weighted by Gasteiger charge is -2.35. The van der Waals surface area contributed by atoms with Gasteiger partial charge in [-0.25, -0.2) is 15.0 Å². The molecule has 2 aromatic heterocycles. The minimum Gasteiger partial charge on any atom is -0.339 e. The quantitative estimate of drug-likeness (QED) is 0.812. The van der Waals surface area contributed by atoms with Gasteiger partial charge in [-0.05, 0) is 18.9 Å². The maximum atomic E-state index is 12.3. The zero-order valence-electron chi connectivity index (χ0n) is 15.1. The third-order valence-corrected chi connectivity index (χ3v) is 4.39. The lowest BCUT2D eigenvalue weighted by Crippen LogP contribution is -2.49. The van der Waals surface area contributed by atoms with Gasteiger partial charge in [-0.1, -0.05) is 13.8 Å². The number of hydrogen-bond acceptors (Lipinski definition) is 6. The van der Waals surface area contributed by atoms with Crippen LogP contribution in [0.15, 0.2) is 18.7 Å². The first-order chi connectivity index (χ1) is 12.0. The average Bonchev–Trinajstić information content (AvgIpc) is 3.13. The molecular formula is C17H25N7O. The van der Waals surface area contributed by atoms with Crippen molar-refractivity contribution in [3.8, 4) is 0 Å². The van der Waals surface area contributed by atoms with Gasteiger partial charge in [0.05, 0.1) is 6.54 Å². The largest absolute Gasteiger partial charge is 0.339 e. The lowest BCUT2D eigenvalue weighted by atomic mass is 10.1. The Balaban J connectivity index is 1.55. The lowest BCUT2D eigenvalue weighted by molar-refractivity contribution is -0.131. The normalized spacial score (nSPS) is 15.0. The van der Waals surface area contributed by atoms with Gasteiger partial charge in [0.1, 0.15) is 12.7 Å². The van der Waals surface area contributed by atoms with E-state index in [-0.39, 0.29) is 5.91 Å². The summed E-state index contributed by atoms with van der Waals surface area (Å²) >= 11 is 0. The number of nitrogens with zero attached hydrogens (tertiary/aromatic N) is 7. The Kier molecular flexibility index (Phi) is 5.25. The molecule has 2 aromatic rings. The Morgan fingerprint density at radius 3 is 2.60 bits per heavy atom. The van der Waals surface area contributed by atoms with E-state index in [0.717, 1.165) is 30.4 Å². The first-order valence-electron chi connectivity index (χ1n) is 8.73. The number of rotatable bonds is 5. The molecule has 1 aliphatic heterocycles. The number of anilines is 1. The number of carbonyl (C=O) groups excluding carboxylic acids is 1. The highest BCUT2D eigenvalue weighted by molar-refractivity contribution is 5.76. The molecule has 0 atom stereocenters. The average molecular weight is 343 g/mol. The highest BCUT2D eigenvalue weighted by atomic mass is 16.2. The van der Waals surface area contributed by atoms with Crippen LogP contribution in [0.2, 0.25) is 0 Å². The molecule has 0 aliphatic carbocycles. The van der Waals surface area contributed by atoms with Crippen LogP contribution in [0.4, 0.5) is 5.95 Å². The highest BCUT2D eigenvalue weighted by Gasteiger charge is 2.23. The van der Waals surface area contributed by atoms with Gasteiger partial charge in [0.2, 0.25) is 11.9 Å². The smallest absolute Gasteiger partial charge is 0.225 e. The number of aryl methyl sites for hydroxylation is 2. The zero-order valence-corrected chi connectivity index (χ0v) is 15.1. The summed E-state index contributed by atoms with van der Waals surface area (Å²) < 4.78 is 1.68. The molecule has 0 spiro atoms. The van der Waals surface area contributed by atoms with Crippen molar-refractivity contribution in [3.63, 3.8) is 0 Å².